The Labute approximate surface area is 183 Å². The van der Waals surface area contributed by atoms with Crippen LogP contribution in [0.4, 0.5) is 11.4 Å². The average molecular weight is 421 g/mol. The van der Waals surface area contributed by atoms with Crippen molar-refractivity contribution in [1.82, 2.24) is 0 Å². The molecule has 0 heterocycles. The number of amides is 1. The molecule has 0 atom stereocenters. The molecule has 0 aliphatic heterocycles. The molecule has 2 N–H and O–H groups in total. The van der Waals surface area contributed by atoms with Crippen LogP contribution < -0.4 is 20.1 Å². The van der Waals surface area contributed by atoms with Gasteiger partial charge in [-0.2, -0.15) is 0 Å². The van der Waals surface area contributed by atoms with E-state index in [0.29, 0.717) is 25.5 Å². The molecule has 0 bridgehead atoms. The lowest BCUT2D eigenvalue weighted by Crippen LogP contribution is -2.21. The van der Waals surface area contributed by atoms with Crippen molar-refractivity contribution in [2.24, 2.45) is 0 Å². The van der Waals surface area contributed by atoms with Crippen LogP contribution in [0.3, 0.4) is 0 Å². The van der Waals surface area contributed by atoms with Gasteiger partial charge in [0, 0.05) is 37.0 Å². The average Bonchev–Trinajstić information content (AvgIpc) is 2.79. The van der Waals surface area contributed by atoms with Gasteiger partial charge in [0.2, 0.25) is 5.91 Å². The highest BCUT2D eigenvalue weighted by atomic mass is 16.5. The lowest BCUT2D eigenvalue weighted by molar-refractivity contribution is -0.114. The Morgan fingerprint density at radius 3 is 2.19 bits per heavy atom. The monoisotopic (exact) mass is 420 g/mol. The Hall–Kier alpha value is -3.51. The maximum atomic E-state index is 12.3. The molecule has 0 spiro atoms. The van der Waals surface area contributed by atoms with Crippen LogP contribution in [-0.4, -0.2) is 39.4 Å². The van der Waals surface area contributed by atoms with Gasteiger partial charge in [-0.15, -0.1) is 0 Å². The zero-order chi connectivity index (χ0) is 21.7. The van der Waals surface area contributed by atoms with Gasteiger partial charge in [-0.25, -0.2) is 0 Å². The number of methoxy groups -OCH3 is 1. The minimum atomic E-state index is -0.146. The predicted molar refractivity (Wildman–Crippen MR) is 123 cm³/mol. The van der Waals surface area contributed by atoms with E-state index < -0.39 is 0 Å². The van der Waals surface area contributed by atoms with Crippen LogP contribution in [0.1, 0.15) is 5.56 Å². The highest BCUT2D eigenvalue weighted by molar-refractivity contribution is 5.93. The summed E-state index contributed by atoms with van der Waals surface area (Å²) in [6.45, 7) is 1.71. The number of carbonyl (C=O) groups is 1. The van der Waals surface area contributed by atoms with E-state index in [2.05, 4.69) is 22.8 Å². The molecular weight excluding hydrogens is 392 g/mol. The Balaban J connectivity index is 1.44. The molecule has 0 aliphatic rings. The van der Waals surface area contributed by atoms with Crippen molar-refractivity contribution in [3.8, 4) is 11.5 Å². The molecule has 3 aromatic carbocycles. The van der Waals surface area contributed by atoms with E-state index in [9.17, 15) is 4.79 Å². The zero-order valence-electron chi connectivity index (χ0n) is 17.7. The summed E-state index contributed by atoms with van der Waals surface area (Å²) in [5, 5.41) is 6.00. The lowest BCUT2D eigenvalue weighted by atomic mass is 10.2. The quantitative estimate of drug-likeness (QED) is 0.426. The van der Waals surface area contributed by atoms with E-state index in [0.717, 1.165) is 23.6 Å². The largest absolute Gasteiger partial charge is 0.493 e. The minimum absolute atomic E-state index is 0.140. The van der Waals surface area contributed by atoms with Crippen molar-refractivity contribution >= 4 is 17.3 Å². The Kier molecular flexibility index (Phi) is 8.76. The van der Waals surface area contributed by atoms with Crippen LogP contribution in [0.25, 0.3) is 0 Å². The first-order valence-corrected chi connectivity index (χ1v) is 10.3. The number of benzene rings is 3. The van der Waals surface area contributed by atoms with E-state index in [1.165, 1.54) is 5.56 Å². The molecule has 162 valence electrons. The molecular formula is C25H28N2O4. The first-order valence-electron chi connectivity index (χ1n) is 10.3. The molecule has 0 saturated heterocycles. The highest BCUT2D eigenvalue weighted by Crippen LogP contribution is 2.19. The Morgan fingerprint density at radius 1 is 0.774 bits per heavy atom. The maximum Gasteiger partial charge on any atom is 0.243 e. The molecule has 0 unspecified atom stereocenters. The highest BCUT2D eigenvalue weighted by Gasteiger charge is 2.05. The summed E-state index contributed by atoms with van der Waals surface area (Å²) in [5.41, 5.74) is 2.73. The van der Waals surface area contributed by atoms with Gasteiger partial charge in [-0.1, -0.05) is 42.5 Å². The summed E-state index contributed by atoms with van der Waals surface area (Å²) in [4.78, 5) is 12.3. The van der Waals surface area contributed by atoms with E-state index in [4.69, 9.17) is 14.2 Å². The van der Waals surface area contributed by atoms with Gasteiger partial charge in [-0.3, -0.25) is 4.79 Å². The van der Waals surface area contributed by atoms with Gasteiger partial charge in [0.1, 0.15) is 18.1 Å². The smallest absolute Gasteiger partial charge is 0.243 e. The summed E-state index contributed by atoms with van der Waals surface area (Å²) in [7, 11) is 1.63. The summed E-state index contributed by atoms with van der Waals surface area (Å²) >= 11 is 0. The molecule has 0 fully saturated rings. The van der Waals surface area contributed by atoms with Crippen LogP contribution in [-0.2, 0) is 16.0 Å². The van der Waals surface area contributed by atoms with Gasteiger partial charge in [-0.05, 0) is 29.8 Å². The molecule has 6 nitrogen and oxygen atoms in total. The van der Waals surface area contributed by atoms with Crippen LogP contribution in [0.5, 0.6) is 11.5 Å². The van der Waals surface area contributed by atoms with Gasteiger partial charge in [0.05, 0.1) is 19.8 Å². The lowest BCUT2D eigenvalue weighted by Gasteiger charge is -2.11. The fourth-order valence-electron chi connectivity index (χ4n) is 2.92. The molecule has 0 radical (unpaired) electrons. The SMILES string of the molecule is COCCOc1cccc(NCC(=O)Nc2cccc(OCCc3ccccc3)c2)c1. The number of carbonyl (C=O) groups excluding carboxylic acids is 1. The van der Waals surface area contributed by atoms with E-state index in [-0.39, 0.29) is 12.5 Å². The van der Waals surface area contributed by atoms with E-state index >= 15 is 0 Å². The second kappa shape index (κ2) is 12.2. The molecule has 3 aromatic rings. The number of hydrogen-bond acceptors (Lipinski definition) is 5. The third kappa shape index (κ3) is 8.03. The fraction of sp³-hybridized carbons (Fsp3) is 0.240. The second-order valence-electron chi connectivity index (χ2n) is 6.88. The van der Waals surface area contributed by atoms with Crippen molar-refractivity contribution in [2.45, 2.75) is 6.42 Å². The van der Waals surface area contributed by atoms with Gasteiger partial charge in [0.25, 0.3) is 0 Å². The first kappa shape index (κ1) is 22.2. The summed E-state index contributed by atoms with van der Waals surface area (Å²) in [5.74, 6) is 1.30. The summed E-state index contributed by atoms with van der Waals surface area (Å²) in [6, 6.07) is 25.1. The van der Waals surface area contributed by atoms with Crippen LogP contribution in [0, 0.1) is 0 Å². The molecule has 0 aliphatic carbocycles. The van der Waals surface area contributed by atoms with Crippen molar-refractivity contribution in [1.29, 1.82) is 0 Å². The van der Waals surface area contributed by atoms with Crippen molar-refractivity contribution in [3.05, 3.63) is 84.4 Å². The normalized spacial score (nSPS) is 10.4. The molecule has 3 rings (SSSR count). The van der Waals surface area contributed by atoms with Crippen LogP contribution in [0.15, 0.2) is 78.9 Å². The van der Waals surface area contributed by atoms with Crippen LogP contribution in [0.2, 0.25) is 0 Å². The van der Waals surface area contributed by atoms with Gasteiger partial charge >= 0.3 is 0 Å². The molecule has 31 heavy (non-hydrogen) atoms. The number of nitrogens with one attached hydrogen (secondary N) is 2. The Morgan fingerprint density at radius 2 is 1.45 bits per heavy atom. The number of ether oxygens (including phenoxy) is 3. The van der Waals surface area contributed by atoms with Crippen molar-refractivity contribution < 1.29 is 19.0 Å². The predicted octanol–water partition coefficient (Wildman–Crippen LogP) is 4.38. The number of anilines is 2. The molecule has 6 heteroatoms. The van der Waals surface area contributed by atoms with Gasteiger partial charge < -0.3 is 24.8 Å². The van der Waals surface area contributed by atoms with Crippen LogP contribution >= 0.6 is 0 Å². The zero-order valence-corrected chi connectivity index (χ0v) is 17.7. The summed E-state index contributed by atoms with van der Waals surface area (Å²) < 4.78 is 16.4. The van der Waals surface area contributed by atoms with Crippen molar-refractivity contribution in [3.63, 3.8) is 0 Å². The first-order chi connectivity index (χ1) is 15.2. The molecule has 0 saturated carbocycles. The number of hydrogen-bond donors (Lipinski definition) is 2. The molecule has 1 amide bonds. The standard InChI is InChI=1S/C25H28N2O4/c1-29-15-16-31-23-11-5-9-21(17-23)26-19-25(28)27-22-10-6-12-24(18-22)30-14-13-20-7-3-2-4-8-20/h2-12,17-18,26H,13-16,19H2,1H3,(H,27,28). The Bertz CT molecular complexity index is 947. The minimum Gasteiger partial charge on any atom is -0.493 e. The molecule has 0 aromatic heterocycles. The second-order valence-corrected chi connectivity index (χ2v) is 6.88. The van der Waals surface area contributed by atoms with Gasteiger partial charge in [0.15, 0.2) is 0 Å². The summed E-state index contributed by atoms with van der Waals surface area (Å²) in [6.07, 6.45) is 0.829. The third-order valence-corrected chi connectivity index (χ3v) is 4.46. The topological polar surface area (TPSA) is 68.8 Å². The van der Waals surface area contributed by atoms with E-state index in [1.54, 1.807) is 7.11 Å². The van der Waals surface area contributed by atoms with Crippen molar-refractivity contribution in [2.75, 3.05) is 44.1 Å². The van der Waals surface area contributed by atoms with E-state index in [1.807, 2.05) is 66.7 Å². The number of rotatable bonds is 12. The third-order valence-electron chi connectivity index (χ3n) is 4.46. The maximum absolute atomic E-state index is 12.3. The fourth-order valence-corrected chi connectivity index (χ4v) is 2.92.